The Kier molecular flexibility index (Phi) is 4.67. The highest BCUT2D eigenvalue weighted by Gasteiger charge is 2.19. The Morgan fingerprint density at radius 2 is 1.95 bits per heavy atom. The molecule has 1 aliphatic rings. The zero-order valence-electron chi connectivity index (χ0n) is 12.6. The Balaban J connectivity index is 1.50. The van der Waals surface area contributed by atoms with Gasteiger partial charge in [-0.2, -0.15) is 5.26 Å². The maximum Gasteiger partial charge on any atom is 0.127 e. The molecule has 1 aromatic carbocycles. The Bertz CT molecular complexity index is 640. The summed E-state index contributed by atoms with van der Waals surface area (Å²) >= 11 is 0. The molecule has 1 aromatic heterocycles. The quantitative estimate of drug-likeness (QED) is 0.941. The molecule has 0 saturated carbocycles. The van der Waals surface area contributed by atoms with Gasteiger partial charge < -0.3 is 5.32 Å². The molecule has 1 fully saturated rings. The minimum atomic E-state index is 0.438. The van der Waals surface area contributed by atoms with Crippen LogP contribution >= 0.6 is 0 Å². The van der Waals surface area contributed by atoms with Crippen LogP contribution in [-0.2, 0) is 6.54 Å². The highest BCUT2D eigenvalue weighted by atomic mass is 15.1. The summed E-state index contributed by atoms with van der Waals surface area (Å²) in [7, 11) is 0. The number of nitrogens with zero attached hydrogens (tertiary/aromatic N) is 3. The maximum atomic E-state index is 8.93. The van der Waals surface area contributed by atoms with Crippen LogP contribution in [0.4, 0.5) is 5.82 Å². The van der Waals surface area contributed by atoms with Gasteiger partial charge in [0, 0.05) is 31.9 Å². The van der Waals surface area contributed by atoms with Crippen molar-refractivity contribution in [1.82, 2.24) is 9.88 Å². The van der Waals surface area contributed by atoms with E-state index in [1.54, 1.807) is 12.3 Å². The van der Waals surface area contributed by atoms with Gasteiger partial charge in [-0.1, -0.05) is 30.3 Å². The van der Waals surface area contributed by atoms with E-state index in [1.807, 2.05) is 6.07 Å². The summed E-state index contributed by atoms with van der Waals surface area (Å²) < 4.78 is 0. The fraction of sp³-hybridized carbons (Fsp3) is 0.333. The number of aromatic nitrogens is 1. The molecule has 0 bridgehead atoms. The van der Waals surface area contributed by atoms with E-state index in [4.69, 9.17) is 5.26 Å². The van der Waals surface area contributed by atoms with E-state index >= 15 is 0 Å². The van der Waals surface area contributed by atoms with E-state index in [9.17, 15) is 0 Å². The molecule has 1 aliphatic heterocycles. The van der Waals surface area contributed by atoms with Crippen LogP contribution in [0.2, 0.25) is 0 Å². The second kappa shape index (κ2) is 7.06. The number of rotatable bonds is 4. The van der Waals surface area contributed by atoms with Crippen LogP contribution in [0.5, 0.6) is 0 Å². The first-order chi connectivity index (χ1) is 10.8. The number of hydrogen-bond acceptors (Lipinski definition) is 4. The number of pyridine rings is 1. The second-order valence-electron chi connectivity index (χ2n) is 5.72. The predicted octanol–water partition coefficient (Wildman–Crippen LogP) is 3.03. The van der Waals surface area contributed by atoms with E-state index in [2.05, 4.69) is 51.6 Å². The van der Waals surface area contributed by atoms with Crippen molar-refractivity contribution in [3.8, 4) is 6.07 Å². The van der Waals surface area contributed by atoms with Crippen molar-refractivity contribution in [3.05, 3.63) is 59.8 Å². The number of anilines is 1. The van der Waals surface area contributed by atoms with Crippen molar-refractivity contribution in [1.29, 1.82) is 5.26 Å². The molecule has 0 amide bonds. The largest absolute Gasteiger partial charge is 0.367 e. The average Bonchev–Trinajstić information content (AvgIpc) is 2.58. The molecule has 1 N–H and O–H groups in total. The van der Waals surface area contributed by atoms with Gasteiger partial charge in [0.15, 0.2) is 0 Å². The number of nitrogens with one attached hydrogen (secondary N) is 1. The molecule has 1 saturated heterocycles. The average molecular weight is 292 g/mol. The van der Waals surface area contributed by atoms with Crippen molar-refractivity contribution in [2.45, 2.75) is 25.4 Å². The van der Waals surface area contributed by atoms with E-state index < -0.39 is 0 Å². The topological polar surface area (TPSA) is 52.0 Å². The van der Waals surface area contributed by atoms with E-state index in [1.165, 1.54) is 5.56 Å². The van der Waals surface area contributed by atoms with Gasteiger partial charge in [0.25, 0.3) is 0 Å². The summed E-state index contributed by atoms with van der Waals surface area (Å²) in [5, 5.41) is 12.4. The van der Waals surface area contributed by atoms with E-state index in [0.29, 0.717) is 11.6 Å². The van der Waals surface area contributed by atoms with Gasteiger partial charge in [-0.25, -0.2) is 4.98 Å². The van der Waals surface area contributed by atoms with Gasteiger partial charge in [-0.3, -0.25) is 4.90 Å². The third-order valence-corrected chi connectivity index (χ3v) is 4.08. The van der Waals surface area contributed by atoms with Crippen LogP contribution in [0.15, 0.2) is 48.7 Å². The van der Waals surface area contributed by atoms with Crippen LogP contribution in [0.1, 0.15) is 24.0 Å². The number of nitriles is 1. The SMILES string of the molecule is N#Cc1ccnc(NC2CCN(Cc3ccccc3)CC2)c1. The fourth-order valence-corrected chi connectivity index (χ4v) is 2.87. The lowest BCUT2D eigenvalue weighted by molar-refractivity contribution is 0.211. The zero-order valence-corrected chi connectivity index (χ0v) is 12.6. The molecule has 2 aromatic rings. The molecular formula is C18H20N4. The van der Waals surface area contributed by atoms with Gasteiger partial charge >= 0.3 is 0 Å². The smallest absolute Gasteiger partial charge is 0.127 e. The highest BCUT2D eigenvalue weighted by molar-refractivity contribution is 5.43. The van der Waals surface area contributed by atoms with E-state index in [-0.39, 0.29) is 0 Å². The molecular weight excluding hydrogens is 272 g/mol. The van der Waals surface area contributed by atoms with Crippen molar-refractivity contribution in [3.63, 3.8) is 0 Å². The van der Waals surface area contributed by atoms with Crippen LogP contribution in [0, 0.1) is 11.3 Å². The number of hydrogen-bond donors (Lipinski definition) is 1. The minimum absolute atomic E-state index is 0.438. The van der Waals surface area contributed by atoms with Crippen LogP contribution in [0.25, 0.3) is 0 Å². The van der Waals surface area contributed by atoms with Crippen LogP contribution in [0.3, 0.4) is 0 Å². The molecule has 4 heteroatoms. The predicted molar refractivity (Wildman–Crippen MR) is 87.3 cm³/mol. The molecule has 0 spiro atoms. The van der Waals surface area contributed by atoms with Crippen molar-refractivity contribution < 1.29 is 0 Å². The summed E-state index contributed by atoms with van der Waals surface area (Å²) in [5.41, 5.74) is 2.02. The lowest BCUT2D eigenvalue weighted by atomic mass is 10.0. The first-order valence-electron chi connectivity index (χ1n) is 7.72. The van der Waals surface area contributed by atoms with Gasteiger partial charge in [-0.15, -0.1) is 0 Å². The van der Waals surface area contributed by atoms with Gasteiger partial charge in [0.1, 0.15) is 5.82 Å². The van der Waals surface area contributed by atoms with Crippen LogP contribution in [-0.4, -0.2) is 29.0 Å². The monoisotopic (exact) mass is 292 g/mol. The third kappa shape index (κ3) is 3.84. The first kappa shape index (κ1) is 14.6. The summed E-state index contributed by atoms with van der Waals surface area (Å²) in [6, 6.07) is 16.7. The van der Waals surface area contributed by atoms with Crippen molar-refractivity contribution in [2.24, 2.45) is 0 Å². The van der Waals surface area contributed by atoms with Crippen LogP contribution < -0.4 is 5.32 Å². The lowest BCUT2D eigenvalue weighted by Crippen LogP contribution is -2.38. The molecule has 0 radical (unpaired) electrons. The van der Waals surface area contributed by atoms with Gasteiger partial charge in [0.2, 0.25) is 0 Å². The molecule has 112 valence electrons. The summed E-state index contributed by atoms with van der Waals surface area (Å²) in [5.74, 6) is 0.806. The summed E-state index contributed by atoms with van der Waals surface area (Å²) in [6.07, 6.45) is 3.89. The second-order valence-corrected chi connectivity index (χ2v) is 5.72. The summed E-state index contributed by atoms with van der Waals surface area (Å²) in [4.78, 5) is 6.79. The number of piperidine rings is 1. The Morgan fingerprint density at radius 1 is 1.18 bits per heavy atom. The molecule has 4 nitrogen and oxygen atoms in total. The third-order valence-electron chi connectivity index (χ3n) is 4.08. The van der Waals surface area contributed by atoms with Gasteiger partial charge in [-0.05, 0) is 30.5 Å². The molecule has 0 unspecified atom stereocenters. The normalized spacial score (nSPS) is 16.1. The lowest BCUT2D eigenvalue weighted by Gasteiger charge is -2.32. The zero-order chi connectivity index (χ0) is 15.2. The molecule has 22 heavy (non-hydrogen) atoms. The number of benzene rings is 1. The Hall–Kier alpha value is -2.38. The molecule has 2 heterocycles. The Labute approximate surface area is 131 Å². The maximum absolute atomic E-state index is 8.93. The Morgan fingerprint density at radius 3 is 2.68 bits per heavy atom. The number of likely N-dealkylation sites (tertiary alicyclic amines) is 1. The fourth-order valence-electron chi connectivity index (χ4n) is 2.87. The van der Waals surface area contributed by atoms with E-state index in [0.717, 1.165) is 38.3 Å². The minimum Gasteiger partial charge on any atom is -0.367 e. The molecule has 0 atom stereocenters. The van der Waals surface area contributed by atoms with Crippen molar-refractivity contribution >= 4 is 5.82 Å². The molecule has 0 aliphatic carbocycles. The standard InChI is InChI=1S/C18H20N4/c19-13-16-6-9-20-18(12-16)21-17-7-10-22(11-8-17)14-15-4-2-1-3-5-15/h1-6,9,12,17H,7-8,10-11,14H2,(H,20,21). The van der Waals surface area contributed by atoms with Gasteiger partial charge in [0.05, 0.1) is 11.6 Å². The van der Waals surface area contributed by atoms with Crippen molar-refractivity contribution in [2.75, 3.05) is 18.4 Å². The summed E-state index contributed by atoms with van der Waals surface area (Å²) in [6.45, 7) is 3.20. The molecule has 3 rings (SSSR count). The highest BCUT2D eigenvalue weighted by Crippen LogP contribution is 2.17. The first-order valence-corrected chi connectivity index (χ1v) is 7.72.